The van der Waals surface area contributed by atoms with Crippen molar-refractivity contribution in [3.05, 3.63) is 35.9 Å². The Labute approximate surface area is 65.2 Å². The summed E-state index contributed by atoms with van der Waals surface area (Å²) in [5, 5.41) is 0. The van der Waals surface area contributed by atoms with E-state index in [0.717, 1.165) is 0 Å². The third-order valence-electron chi connectivity index (χ3n) is 1.30. The summed E-state index contributed by atoms with van der Waals surface area (Å²) in [6, 6.07) is 9.64. The lowest BCUT2D eigenvalue weighted by Gasteiger charge is -1.97. The van der Waals surface area contributed by atoms with Gasteiger partial charge < -0.3 is 0 Å². The molecule has 0 unspecified atom stereocenters. The van der Waals surface area contributed by atoms with Crippen LogP contribution in [0.5, 0.6) is 0 Å². The highest BCUT2D eigenvalue weighted by molar-refractivity contribution is 5.97. The molecule has 0 aromatic heterocycles. The van der Waals surface area contributed by atoms with Crippen molar-refractivity contribution >= 4 is 5.78 Å². The molecule has 3 nitrogen and oxygen atoms in total. The molecule has 3 heteroatoms. The van der Waals surface area contributed by atoms with Gasteiger partial charge in [0.25, 0.3) is 0 Å². The SMILES string of the molecule is NNCC(=O)c1cc[c]cc1. The van der Waals surface area contributed by atoms with Gasteiger partial charge in [-0.1, -0.05) is 24.3 Å². The van der Waals surface area contributed by atoms with Crippen LogP contribution < -0.4 is 11.3 Å². The Hall–Kier alpha value is -1.19. The maximum Gasteiger partial charge on any atom is 0.177 e. The van der Waals surface area contributed by atoms with Gasteiger partial charge in [-0.2, -0.15) is 0 Å². The number of benzene rings is 1. The predicted octanol–water partition coefficient (Wildman–Crippen LogP) is 0.133. The predicted molar refractivity (Wildman–Crippen MR) is 41.8 cm³/mol. The Morgan fingerprint density at radius 1 is 1.55 bits per heavy atom. The van der Waals surface area contributed by atoms with E-state index in [4.69, 9.17) is 5.84 Å². The van der Waals surface area contributed by atoms with Gasteiger partial charge in [0.1, 0.15) is 0 Å². The van der Waals surface area contributed by atoms with Crippen LogP contribution in [0.2, 0.25) is 0 Å². The van der Waals surface area contributed by atoms with E-state index >= 15 is 0 Å². The molecule has 0 bridgehead atoms. The minimum absolute atomic E-state index is 0.0125. The summed E-state index contributed by atoms with van der Waals surface area (Å²) < 4.78 is 0. The first-order valence-electron chi connectivity index (χ1n) is 3.27. The van der Waals surface area contributed by atoms with E-state index in [2.05, 4.69) is 11.5 Å². The molecule has 0 atom stereocenters. The monoisotopic (exact) mass is 149 g/mol. The zero-order valence-electron chi connectivity index (χ0n) is 6.00. The van der Waals surface area contributed by atoms with E-state index in [1.54, 1.807) is 24.3 Å². The van der Waals surface area contributed by atoms with Crippen LogP contribution >= 0.6 is 0 Å². The maximum atomic E-state index is 11.1. The highest BCUT2D eigenvalue weighted by atomic mass is 16.1. The summed E-state index contributed by atoms with van der Waals surface area (Å²) in [5.74, 6) is 4.98. The number of hydrazine groups is 1. The second-order valence-corrected chi connectivity index (χ2v) is 2.09. The molecule has 1 aromatic carbocycles. The van der Waals surface area contributed by atoms with Crippen molar-refractivity contribution in [2.75, 3.05) is 6.54 Å². The fourth-order valence-electron chi connectivity index (χ4n) is 0.768. The molecule has 3 N–H and O–H groups in total. The number of carbonyl (C=O) groups excluding carboxylic acids is 1. The summed E-state index contributed by atoms with van der Waals surface area (Å²) in [6.45, 7) is 0.171. The number of carbonyl (C=O) groups is 1. The summed E-state index contributed by atoms with van der Waals surface area (Å²) in [7, 11) is 0. The summed E-state index contributed by atoms with van der Waals surface area (Å²) in [4.78, 5) is 11.1. The zero-order valence-corrected chi connectivity index (χ0v) is 6.00. The molecule has 0 fully saturated rings. The number of nitrogens with two attached hydrogens (primary N) is 1. The third kappa shape index (κ3) is 2.14. The first-order valence-corrected chi connectivity index (χ1v) is 3.27. The van der Waals surface area contributed by atoms with E-state index < -0.39 is 0 Å². The zero-order chi connectivity index (χ0) is 8.10. The second-order valence-electron chi connectivity index (χ2n) is 2.09. The molecule has 0 amide bonds. The molecule has 0 saturated heterocycles. The van der Waals surface area contributed by atoms with Crippen molar-refractivity contribution in [2.24, 2.45) is 5.84 Å². The van der Waals surface area contributed by atoms with Crippen molar-refractivity contribution in [3.8, 4) is 0 Å². The highest BCUT2D eigenvalue weighted by Gasteiger charge is 2.01. The molecule has 0 saturated carbocycles. The Morgan fingerprint density at radius 3 is 2.73 bits per heavy atom. The van der Waals surface area contributed by atoms with Crippen LogP contribution in [0, 0.1) is 6.07 Å². The van der Waals surface area contributed by atoms with Crippen molar-refractivity contribution in [2.45, 2.75) is 0 Å². The number of nitrogens with one attached hydrogen (secondary N) is 1. The Bertz CT molecular complexity index is 233. The van der Waals surface area contributed by atoms with Crippen LogP contribution in [0.25, 0.3) is 0 Å². The van der Waals surface area contributed by atoms with Gasteiger partial charge in [-0.05, 0) is 6.07 Å². The Kier molecular flexibility index (Phi) is 2.77. The van der Waals surface area contributed by atoms with E-state index in [1.165, 1.54) is 0 Å². The van der Waals surface area contributed by atoms with Crippen LogP contribution in [0.3, 0.4) is 0 Å². The topological polar surface area (TPSA) is 55.1 Å². The molecule has 0 aliphatic carbocycles. The number of hydrogen-bond acceptors (Lipinski definition) is 3. The van der Waals surface area contributed by atoms with Crippen molar-refractivity contribution in [1.29, 1.82) is 0 Å². The van der Waals surface area contributed by atoms with Crippen molar-refractivity contribution in [1.82, 2.24) is 5.43 Å². The summed E-state index contributed by atoms with van der Waals surface area (Å²) in [5.41, 5.74) is 2.96. The summed E-state index contributed by atoms with van der Waals surface area (Å²) in [6.07, 6.45) is 0. The van der Waals surface area contributed by atoms with Gasteiger partial charge in [0, 0.05) is 5.56 Å². The quantitative estimate of drug-likeness (QED) is 0.365. The lowest BCUT2D eigenvalue weighted by Crippen LogP contribution is -2.28. The molecule has 1 radical (unpaired) electrons. The van der Waals surface area contributed by atoms with E-state index in [9.17, 15) is 4.79 Å². The molecule has 11 heavy (non-hydrogen) atoms. The van der Waals surface area contributed by atoms with Gasteiger partial charge in [-0.3, -0.25) is 16.1 Å². The van der Waals surface area contributed by atoms with Gasteiger partial charge in [-0.15, -0.1) is 0 Å². The first-order chi connectivity index (χ1) is 5.34. The minimum Gasteiger partial charge on any atom is -0.293 e. The van der Waals surface area contributed by atoms with E-state index in [1.807, 2.05) is 0 Å². The molecule has 0 aliphatic rings. The Balaban J connectivity index is 2.69. The third-order valence-corrected chi connectivity index (χ3v) is 1.30. The van der Waals surface area contributed by atoms with Crippen LogP contribution in [0.4, 0.5) is 0 Å². The van der Waals surface area contributed by atoms with Crippen LogP contribution in [0.15, 0.2) is 24.3 Å². The van der Waals surface area contributed by atoms with Crippen molar-refractivity contribution in [3.63, 3.8) is 0 Å². The standard InChI is InChI=1S/C8H9N2O/c9-10-6-8(11)7-4-2-1-3-5-7/h2-5,10H,6,9H2. The van der Waals surface area contributed by atoms with Gasteiger partial charge in [0.05, 0.1) is 6.54 Å². The Morgan fingerprint density at radius 2 is 2.18 bits per heavy atom. The molecule has 0 spiro atoms. The lowest BCUT2D eigenvalue weighted by atomic mass is 10.1. The van der Waals surface area contributed by atoms with Gasteiger partial charge in [0.2, 0.25) is 0 Å². The van der Waals surface area contributed by atoms with E-state index in [-0.39, 0.29) is 12.3 Å². The average molecular weight is 149 g/mol. The molecule has 57 valence electrons. The largest absolute Gasteiger partial charge is 0.293 e. The highest BCUT2D eigenvalue weighted by Crippen LogP contribution is 1.97. The normalized spacial score (nSPS) is 9.55. The lowest BCUT2D eigenvalue weighted by molar-refractivity contribution is 0.0991. The number of Topliss-reactive ketones (excluding diaryl/α,β-unsaturated/α-hetero) is 1. The molecular formula is C8H9N2O. The van der Waals surface area contributed by atoms with Crippen molar-refractivity contribution < 1.29 is 4.79 Å². The first kappa shape index (κ1) is 7.91. The summed E-state index contributed by atoms with van der Waals surface area (Å²) >= 11 is 0. The molecule has 1 aromatic rings. The van der Waals surface area contributed by atoms with Gasteiger partial charge in [0.15, 0.2) is 5.78 Å². The molecule has 0 heterocycles. The molecule has 0 aliphatic heterocycles. The minimum atomic E-state index is -0.0125. The van der Waals surface area contributed by atoms with E-state index in [0.29, 0.717) is 5.56 Å². The molecular weight excluding hydrogens is 140 g/mol. The van der Waals surface area contributed by atoms with Gasteiger partial charge in [-0.25, -0.2) is 0 Å². The van der Waals surface area contributed by atoms with Crippen LogP contribution in [0.1, 0.15) is 10.4 Å². The van der Waals surface area contributed by atoms with Gasteiger partial charge >= 0.3 is 0 Å². The smallest absolute Gasteiger partial charge is 0.177 e. The fourth-order valence-corrected chi connectivity index (χ4v) is 0.768. The fraction of sp³-hybridized carbons (Fsp3) is 0.125. The maximum absolute atomic E-state index is 11.1. The number of hydrogen-bond donors (Lipinski definition) is 2. The van der Waals surface area contributed by atoms with Crippen LogP contribution in [-0.4, -0.2) is 12.3 Å². The second kappa shape index (κ2) is 3.85. The average Bonchev–Trinajstić information content (AvgIpc) is 2.07. The molecule has 1 rings (SSSR count). The van der Waals surface area contributed by atoms with Crippen LogP contribution in [-0.2, 0) is 0 Å². The number of rotatable bonds is 3. The number of ketones is 1.